The van der Waals surface area contributed by atoms with Gasteiger partial charge in [-0.2, -0.15) is 0 Å². The van der Waals surface area contributed by atoms with Gasteiger partial charge in [0.2, 0.25) is 0 Å². The number of hydrogen-bond donors (Lipinski definition) is 0. The molecule has 19 heavy (non-hydrogen) atoms. The molecule has 1 aromatic carbocycles. The molecule has 0 spiro atoms. The van der Waals surface area contributed by atoms with Gasteiger partial charge in [0, 0.05) is 30.9 Å². The van der Waals surface area contributed by atoms with Gasteiger partial charge in [-0.05, 0) is 23.8 Å². The first-order chi connectivity index (χ1) is 9.36. The van der Waals surface area contributed by atoms with Crippen LogP contribution in [0, 0.1) is 0 Å². The normalized spacial score (nSPS) is 25.5. The van der Waals surface area contributed by atoms with Gasteiger partial charge >= 0.3 is 0 Å². The Kier molecular flexibility index (Phi) is 2.65. The molecule has 2 atom stereocenters. The molecule has 2 aliphatic heterocycles. The molecule has 0 N–H and O–H groups in total. The van der Waals surface area contributed by atoms with Crippen LogP contribution in [0.3, 0.4) is 0 Å². The van der Waals surface area contributed by atoms with E-state index in [9.17, 15) is 0 Å². The molecule has 0 saturated carbocycles. The first-order valence-electron chi connectivity index (χ1n) is 6.58. The molecule has 0 aliphatic carbocycles. The van der Waals surface area contributed by atoms with E-state index in [1.807, 2.05) is 0 Å². The fourth-order valence-corrected chi connectivity index (χ4v) is 3.24. The third-order valence-electron chi connectivity index (χ3n) is 3.92. The molecule has 4 heteroatoms. The molecule has 0 unspecified atom stereocenters. The predicted octanol–water partition coefficient (Wildman–Crippen LogP) is 2.93. The second kappa shape index (κ2) is 4.37. The zero-order chi connectivity index (χ0) is 12.8. The van der Waals surface area contributed by atoms with E-state index in [1.165, 1.54) is 16.9 Å². The van der Waals surface area contributed by atoms with Gasteiger partial charge in [-0.1, -0.05) is 18.2 Å². The Bertz CT molecular complexity index is 610. The van der Waals surface area contributed by atoms with Gasteiger partial charge in [0.25, 0.3) is 0 Å². The number of alkyl halides is 1. The van der Waals surface area contributed by atoms with Crippen molar-refractivity contribution in [3.63, 3.8) is 0 Å². The number of hydrogen-bond acceptors (Lipinski definition) is 2. The number of halogens is 1. The molecule has 2 aromatic rings. The first kappa shape index (κ1) is 11.5. The predicted molar refractivity (Wildman–Crippen MR) is 74.5 cm³/mol. The highest BCUT2D eigenvalue weighted by molar-refractivity contribution is 6.18. The van der Waals surface area contributed by atoms with Crippen LogP contribution in [-0.2, 0) is 11.3 Å². The van der Waals surface area contributed by atoms with Gasteiger partial charge in [0.05, 0.1) is 11.8 Å². The average Bonchev–Trinajstić information content (AvgIpc) is 3.03. The number of ether oxygens (including phenoxy) is 1. The van der Waals surface area contributed by atoms with E-state index >= 15 is 0 Å². The quantitative estimate of drug-likeness (QED) is 0.744. The lowest BCUT2D eigenvalue weighted by atomic mass is 10.1. The zero-order valence-corrected chi connectivity index (χ0v) is 11.3. The van der Waals surface area contributed by atoms with Crippen LogP contribution < -0.4 is 0 Å². The third kappa shape index (κ3) is 1.73. The molecule has 4 rings (SSSR count). The van der Waals surface area contributed by atoms with E-state index in [-0.39, 0.29) is 12.3 Å². The average molecular weight is 275 g/mol. The Morgan fingerprint density at radius 2 is 2.11 bits per heavy atom. The number of fused-ring (bicyclic) bond motifs is 5. The topological polar surface area (TPSA) is 17.4 Å². The SMILES string of the molecule is ClC[C@@H]1CN2Cc3ccccc3-n3cccc3[C@@H]2O1. The first-order valence-corrected chi connectivity index (χ1v) is 7.11. The third-order valence-corrected chi connectivity index (χ3v) is 4.27. The monoisotopic (exact) mass is 274 g/mol. The van der Waals surface area contributed by atoms with Crippen LogP contribution in [0.15, 0.2) is 42.6 Å². The lowest BCUT2D eigenvalue weighted by Crippen LogP contribution is -2.23. The number of para-hydroxylation sites is 1. The number of rotatable bonds is 1. The number of benzene rings is 1. The highest BCUT2D eigenvalue weighted by Crippen LogP contribution is 2.37. The van der Waals surface area contributed by atoms with Gasteiger partial charge in [-0.3, -0.25) is 4.90 Å². The molecule has 3 heterocycles. The van der Waals surface area contributed by atoms with Crippen molar-refractivity contribution in [1.29, 1.82) is 0 Å². The minimum absolute atomic E-state index is 0.0196. The minimum Gasteiger partial charge on any atom is -0.351 e. The molecule has 98 valence electrons. The smallest absolute Gasteiger partial charge is 0.153 e. The summed E-state index contributed by atoms with van der Waals surface area (Å²) in [7, 11) is 0. The van der Waals surface area contributed by atoms with Crippen molar-refractivity contribution in [3.05, 3.63) is 53.9 Å². The van der Waals surface area contributed by atoms with Crippen LogP contribution in [0.5, 0.6) is 0 Å². The molecule has 1 fully saturated rings. The molecule has 1 aromatic heterocycles. The molecule has 0 amide bonds. The van der Waals surface area contributed by atoms with Gasteiger partial charge in [0.15, 0.2) is 6.23 Å². The Hall–Kier alpha value is -1.29. The fourth-order valence-electron chi connectivity index (χ4n) is 3.07. The van der Waals surface area contributed by atoms with Crippen molar-refractivity contribution >= 4 is 11.6 Å². The van der Waals surface area contributed by atoms with Gasteiger partial charge < -0.3 is 9.30 Å². The Morgan fingerprint density at radius 3 is 3.00 bits per heavy atom. The Labute approximate surface area is 117 Å². The van der Waals surface area contributed by atoms with E-state index < -0.39 is 0 Å². The summed E-state index contributed by atoms with van der Waals surface area (Å²) in [6.07, 6.45) is 2.25. The summed E-state index contributed by atoms with van der Waals surface area (Å²) in [4.78, 5) is 2.37. The van der Waals surface area contributed by atoms with E-state index in [2.05, 4.69) is 52.1 Å². The summed E-state index contributed by atoms with van der Waals surface area (Å²) in [5.74, 6) is 0.551. The standard InChI is InChI=1S/C15H15ClN2O/c16-8-12-10-17-9-11-4-1-2-5-13(11)18-7-3-6-14(18)15(17)19-12/h1-7,12,15H,8-10H2/t12-,15+/m1/s1. The van der Waals surface area contributed by atoms with E-state index in [0.29, 0.717) is 5.88 Å². The highest BCUT2D eigenvalue weighted by Gasteiger charge is 2.37. The van der Waals surface area contributed by atoms with Gasteiger partial charge in [-0.15, -0.1) is 11.6 Å². The number of nitrogens with zero attached hydrogens (tertiary/aromatic N) is 2. The van der Waals surface area contributed by atoms with Crippen molar-refractivity contribution in [2.24, 2.45) is 0 Å². The van der Waals surface area contributed by atoms with E-state index in [4.69, 9.17) is 16.3 Å². The molecular formula is C15H15ClN2O. The second-order valence-electron chi connectivity index (χ2n) is 5.13. The summed E-state index contributed by atoms with van der Waals surface area (Å²) in [6, 6.07) is 12.7. The van der Waals surface area contributed by atoms with Gasteiger partial charge in [0.1, 0.15) is 0 Å². The molecule has 2 aliphatic rings. The molecular weight excluding hydrogens is 260 g/mol. The van der Waals surface area contributed by atoms with Crippen LogP contribution in [-0.4, -0.2) is 28.0 Å². The van der Waals surface area contributed by atoms with Crippen molar-refractivity contribution < 1.29 is 4.74 Å². The molecule has 1 saturated heterocycles. The molecule has 0 bridgehead atoms. The summed E-state index contributed by atoms with van der Waals surface area (Å²) in [6.45, 7) is 1.81. The van der Waals surface area contributed by atoms with Crippen molar-refractivity contribution in [3.8, 4) is 5.69 Å². The van der Waals surface area contributed by atoms with Crippen molar-refractivity contribution in [2.45, 2.75) is 18.9 Å². The van der Waals surface area contributed by atoms with Crippen LogP contribution in [0.1, 0.15) is 17.5 Å². The van der Waals surface area contributed by atoms with Crippen molar-refractivity contribution in [1.82, 2.24) is 9.47 Å². The summed E-state index contributed by atoms with van der Waals surface area (Å²) in [5.41, 5.74) is 3.78. The van der Waals surface area contributed by atoms with Crippen molar-refractivity contribution in [2.75, 3.05) is 12.4 Å². The highest BCUT2D eigenvalue weighted by atomic mass is 35.5. The maximum atomic E-state index is 6.08. The van der Waals surface area contributed by atoms with Crippen LogP contribution in [0.25, 0.3) is 5.69 Å². The zero-order valence-electron chi connectivity index (χ0n) is 10.5. The van der Waals surface area contributed by atoms with E-state index in [0.717, 1.165) is 13.1 Å². The lowest BCUT2D eigenvalue weighted by Gasteiger charge is -2.19. The Balaban J connectivity index is 1.86. The van der Waals surface area contributed by atoms with Crippen LogP contribution in [0.4, 0.5) is 0 Å². The van der Waals surface area contributed by atoms with E-state index in [1.54, 1.807) is 0 Å². The number of aromatic nitrogens is 1. The Morgan fingerprint density at radius 1 is 1.21 bits per heavy atom. The summed E-state index contributed by atoms with van der Waals surface area (Å²) >= 11 is 5.96. The molecule has 3 nitrogen and oxygen atoms in total. The largest absolute Gasteiger partial charge is 0.351 e. The summed E-state index contributed by atoms with van der Waals surface area (Å²) in [5, 5.41) is 0. The lowest BCUT2D eigenvalue weighted by molar-refractivity contribution is 0.000329. The fraction of sp³-hybridized carbons (Fsp3) is 0.333. The van der Waals surface area contributed by atoms with Crippen LogP contribution >= 0.6 is 11.6 Å². The maximum Gasteiger partial charge on any atom is 0.153 e. The van der Waals surface area contributed by atoms with Crippen LogP contribution in [0.2, 0.25) is 0 Å². The minimum atomic E-state index is 0.0196. The van der Waals surface area contributed by atoms with Gasteiger partial charge in [-0.25, -0.2) is 0 Å². The second-order valence-corrected chi connectivity index (χ2v) is 5.43. The summed E-state index contributed by atoms with van der Waals surface area (Å²) < 4.78 is 8.32. The molecule has 0 radical (unpaired) electrons. The maximum absolute atomic E-state index is 6.08.